The molecule has 4 aromatic rings. The molecule has 24 heavy (non-hydrogen) atoms. The van der Waals surface area contributed by atoms with Crippen LogP contribution in [0.1, 0.15) is 0 Å². The lowest BCUT2D eigenvalue weighted by atomic mass is 10.1. The van der Waals surface area contributed by atoms with Crippen molar-refractivity contribution in [1.29, 1.82) is 0 Å². The minimum Gasteiger partial charge on any atom is -0.375 e. The first-order chi connectivity index (χ1) is 11.8. The van der Waals surface area contributed by atoms with Gasteiger partial charge in [0.25, 0.3) is 0 Å². The molecule has 0 N–H and O–H groups in total. The van der Waals surface area contributed by atoms with E-state index in [0.29, 0.717) is 0 Å². The fraction of sp³-hybridized carbons (Fsp3) is 0.100. The van der Waals surface area contributed by atoms with Gasteiger partial charge in [-0.05, 0) is 24.3 Å². The number of rotatable bonds is 3. The van der Waals surface area contributed by atoms with Gasteiger partial charge in [0.05, 0.1) is 17.1 Å². The maximum absolute atomic E-state index is 4.94. The number of imidazole rings is 1. The number of anilines is 1. The Hall–Kier alpha value is -3.14. The highest BCUT2D eigenvalue weighted by Crippen LogP contribution is 2.34. The van der Waals surface area contributed by atoms with E-state index in [0.717, 1.165) is 34.0 Å². The van der Waals surface area contributed by atoms with Crippen molar-refractivity contribution in [2.45, 2.75) is 0 Å². The normalized spacial score (nSPS) is 10.9. The summed E-state index contributed by atoms with van der Waals surface area (Å²) in [6.45, 7) is 0. The third-order valence-electron chi connectivity index (χ3n) is 4.07. The summed E-state index contributed by atoms with van der Waals surface area (Å²) in [6, 6.07) is 20.4. The monoisotopic (exact) mass is 314 g/mol. The van der Waals surface area contributed by atoms with Gasteiger partial charge in [0.2, 0.25) is 0 Å². The van der Waals surface area contributed by atoms with Crippen LogP contribution in [-0.2, 0) is 0 Å². The average Bonchev–Trinajstić information content (AvgIpc) is 3.02. The van der Waals surface area contributed by atoms with Crippen LogP contribution in [0, 0.1) is 0 Å². The fourth-order valence-corrected chi connectivity index (χ4v) is 2.96. The first kappa shape index (κ1) is 14.5. The predicted octanol–water partition coefficient (Wildman–Crippen LogP) is 4.13. The molecule has 0 fully saturated rings. The van der Waals surface area contributed by atoms with E-state index in [2.05, 4.69) is 44.7 Å². The molecular weight excluding hydrogens is 296 g/mol. The van der Waals surface area contributed by atoms with Crippen LogP contribution in [0.25, 0.3) is 28.3 Å². The van der Waals surface area contributed by atoms with Gasteiger partial charge in [-0.2, -0.15) is 0 Å². The zero-order valence-electron chi connectivity index (χ0n) is 13.7. The molecule has 0 saturated heterocycles. The minimum absolute atomic E-state index is 0.879. The Morgan fingerprint density at radius 3 is 2.38 bits per heavy atom. The summed E-state index contributed by atoms with van der Waals surface area (Å²) in [5.41, 5.74) is 5.98. The zero-order chi connectivity index (χ0) is 16.5. The molecule has 3 heterocycles. The van der Waals surface area contributed by atoms with Gasteiger partial charge in [0.1, 0.15) is 5.69 Å². The van der Waals surface area contributed by atoms with Crippen LogP contribution < -0.4 is 4.90 Å². The molecule has 0 amide bonds. The molecule has 4 rings (SSSR count). The van der Waals surface area contributed by atoms with E-state index in [1.54, 1.807) is 6.20 Å². The summed E-state index contributed by atoms with van der Waals surface area (Å²) in [5.74, 6) is 0. The minimum atomic E-state index is 0.879. The summed E-state index contributed by atoms with van der Waals surface area (Å²) in [5, 5.41) is 0. The van der Waals surface area contributed by atoms with Gasteiger partial charge in [-0.1, -0.05) is 36.4 Å². The Labute approximate surface area is 141 Å². The topological polar surface area (TPSA) is 33.4 Å². The van der Waals surface area contributed by atoms with E-state index >= 15 is 0 Å². The van der Waals surface area contributed by atoms with Crippen molar-refractivity contribution in [3.05, 3.63) is 73.1 Å². The third-order valence-corrected chi connectivity index (χ3v) is 4.07. The Kier molecular flexibility index (Phi) is 3.50. The summed E-state index contributed by atoms with van der Waals surface area (Å²) < 4.78 is 2.15. The number of hydrogen-bond acceptors (Lipinski definition) is 3. The third kappa shape index (κ3) is 2.33. The highest BCUT2D eigenvalue weighted by Gasteiger charge is 2.18. The molecule has 4 heteroatoms. The molecule has 0 aliphatic heterocycles. The maximum Gasteiger partial charge on any atom is 0.161 e. The van der Waals surface area contributed by atoms with Crippen LogP contribution in [0.2, 0.25) is 0 Å². The van der Waals surface area contributed by atoms with Gasteiger partial charge in [0, 0.05) is 32.1 Å². The Morgan fingerprint density at radius 1 is 0.875 bits per heavy atom. The van der Waals surface area contributed by atoms with E-state index in [1.807, 2.05) is 50.5 Å². The second kappa shape index (κ2) is 5.81. The Bertz CT molecular complexity index is 973. The van der Waals surface area contributed by atoms with E-state index in [1.165, 1.54) is 0 Å². The number of fused-ring (bicyclic) bond motifs is 1. The van der Waals surface area contributed by atoms with Crippen molar-refractivity contribution in [3.8, 4) is 22.6 Å². The molecule has 118 valence electrons. The van der Waals surface area contributed by atoms with Crippen LogP contribution in [0.3, 0.4) is 0 Å². The van der Waals surface area contributed by atoms with Crippen molar-refractivity contribution >= 4 is 11.3 Å². The quantitative estimate of drug-likeness (QED) is 0.570. The molecule has 3 aromatic heterocycles. The van der Waals surface area contributed by atoms with E-state index in [9.17, 15) is 0 Å². The molecule has 0 bridgehead atoms. The van der Waals surface area contributed by atoms with Gasteiger partial charge in [-0.3, -0.25) is 9.38 Å². The number of hydrogen-bond donors (Lipinski definition) is 0. The second-order valence-corrected chi connectivity index (χ2v) is 5.87. The molecule has 4 nitrogen and oxygen atoms in total. The van der Waals surface area contributed by atoms with Crippen LogP contribution in [0.4, 0.5) is 5.69 Å². The Balaban J connectivity index is 2.09. The lowest BCUT2D eigenvalue weighted by Gasteiger charge is -2.13. The standard InChI is InChI=1S/C20H18N4/c1-23(2)17-12-8-14-24-19(15-9-4-3-5-10-15)18(22-20(17)24)16-11-6-7-13-21-16/h3-14H,1-2H3. The SMILES string of the molecule is CN(C)c1cccn2c(-c3ccccc3)c(-c3ccccn3)nc12. The molecule has 0 spiro atoms. The molecule has 0 radical (unpaired) electrons. The fourth-order valence-electron chi connectivity index (χ4n) is 2.96. The number of nitrogens with zero attached hydrogens (tertiary/aromatic N) is 4. The van der Waals surface area contributed by atoms with Crippen LogP contribution in [-0.4, -0.2) is 28.5 Å². The van der Waals surface area contributed by atoms with Gasteiger partial charge >= 0.3 is 0 Å². The number of benzene rings is 1. The zero-order valence-corrected chi connectivity index (χ0v) is 13.7. The van der Waals surface area contributed by atoms with Crippen molar-refractivity contribution < 1.29 is 0 Å². The lowest BCUT2D eigenvalue weighted by molar-refractivity contribution is 1.10. The molecule has 1 aromatic carbocycles. The lowest BCUT2D eigenvalue weighted by Crippen LogP contribution is -2.10. The van der Waals surface area contributed by atoms with Crippen molar-refractivity contribution in [2.24, 2.45) is 0 Å². The second-order valence-electron chi connectivity index (χ2n) is 5.87. The van der Waals surface area contributed by atoms with Gasteiger partial charge in [0.15, 0.2) is 5.65 Å². The highest BCUT2D eigenvalue weighted by atomic mass is 15.1. The summed E-state index contributed by atoms with van der Waals surface area (Å²) in [7, 11) is 4.07. The molecule has 0 aliphatic carbocycles. The van der Waals surface area contributed by atoms with Gasteiger partial charge in [-0.15, -0.1) is 0 Å². The van der Waals surface area contributed by atoms with Crippen LogP contribution >= 0.6 is 0 Å². The van der Waals surface area contributed by atoms with Crippen LogP contribution in [0.5, 0.6) is 0 Å². The Morgan fingerprint density at radius 2 is 1.67 bits per heavy atom. The van der Waals surface area contributed by atoms with Crippen molar-refractivity contribution in [3.63, 3.8) is 0 Å². The summed E-state index contributed by atoms with van der Waals surface area (Å²) >= 11 is 0. The maximum atomic E-state index is 4.94. The molecule has 0 aliphatic rings. The smallest absolute Gasteiger partial charge is 0.161 e. The van der Waals surface area contributed by atoms with E-state index in [-0.39, 0.29) is 0 Å². The largest absolute Gasteiger partial charge is 0.375 e. The van der Waals surface area contributed by atoms with Crippen molar-refractivity contribution in [2.75, 3.05) is 19.0 Å². The van der Waals surface area contributed by atoms with Crippen molar-refractivity contribution in [1.82, 2.24) is 14.4 Å². The summed E-state index contributed by atoms with van der Waals surface area (Å²) in [6.07, 6.45) is 3.87. The first-order valence-electron chi connectivity index (χ1n) is 7.91. The number of aromatic nitrogens is 3. The van der Waals surface area contributed by atoms with Gasteiger partial charge in [-0.25, -0.2) is 4.98 Å². The molecule has 0 atom stereocenters. The van der Waals surface area contributed by atoms with Crippen LogP contribution in [0.15, 0.2) is 73.1 Å². The summed E-state index contributed by atoms with van der Waals surface area (Å²) in [4.78, 5) is 11.5. The molecule has 0 unspecified atom stereocenters. The predicted molar refractivity (Wildman–Crippen MR) is 98.2 cm³/mol. The highest BCUT2D eigenvalue weighted by molar-refractivity contribution is 5.84. The van der Waals surface area contributed by atoms with E-state index in [4.69, 9.17) is 4.98 Å². The van der Waals surface area contributed by atoms with E-state index < -0.39 is 0 Å². The van der Waals surface area contributed by atoms with Gasteiger partial charge < -0.3 is 4.90 Å². The average molecular weight is 314 g/mol. The molecule has 0 saturated carbocycles. The molecular formula is C20H18N4. The number of pyridine rings is 2. The first-order valence-corrected chi connectivity index (χ1v) is 7.91.